The van der Waals surface area contributed by atoms with Gasteiger partial charge in [-0.1, -0.05) is 0 Å². The Morgan fingerprint density at radius 3 is 2.60 bits per heavy atom. The van der Waals surface area contributed by atoms with Crippen LogP contribution in [0.15, 0.2) is 10.1 Å². The van der Waals surface area contributed by atoms with E-state index in [2.05, 4.69) is 39.7 Å². The van der Waals surface area contributed by atoms with Crippen molar-refractivity contribution in [3.8, 4) is 0 Å². The first-order chi connectivity index (χ1) is 7.16. The first-order valence-electron chi connectivity index (χ1n) is 5.52. The zero-order valence-electron chi connectivity index (χ0n) is 9.24. The molecule has 0 radical (unpaired) electrons. The van der Waals surface area contributed by atoms with Crippen molar-refractivity contribution in [2.45, 2.75) is 38.6 Å². The molecule has 0 aliphatic carbocycles. The normalized spacial score (nSPS) is 20.0. The molecule has 0 amide bonds. The topological polar surface area (TPSA) is 16.1 Å². The molecule has 0 atom stereocenters. The summed E-state index contributed by atoms with van der Waals surface area (Å²) < 4.78 is 1.02. The highest BCUT2D eigenvalue weighted by molar-refractivity contribution is 9.11. The molecule has 0 aromatic carbocycles. The third-order valence-electron chi connectivity index (χ3n) is 3.16. The van der Waals surface area contributed by atoms with E-state index in [9.17, 15) is 0 Å². The second kappa shape index (κ2) is 4.93. The van der Waals surface area contributed by atoms with Crippen LogP contribution in [0, 0.1) is 0 Å². The SMILES string of the molecule is CC(C)N1CCC(c2cnc(Br)s2)CC1. The van der Waals surface area contributed by atoms with Crippen molar-refractivity contribution in [3.63, 3.8) is 0 Å². The first kappa shape index (κ1) is 11.6. The number of thiazole rings is 1. The molecule has 0 unspecified atom stereocenters. The van der Waals surface area contributed by atoms with E-state index >= 15 is 0 Å². The largest absolute Gasteiger partial charge is 0.301 e. The number of aromatic nitrogens is 1. The van der Waals surface area contributed by atoms with E-state index in [1.807, 2.05) is 6.20 Å². The number of rotatable bonds is 2. The Bertz CT molecular complexity index is 316. The summed E-state index contributed by atoms with van der Waals surface area (Å²) in [5.41, 5.74) is 0. The predicted molar refractivity (Wildman–Crippen MR) is 68.5 cm³/mol. The predicted octanol–water partition coefficient (Wildman–Crippen LogP) is 3.49. The van der Waals surface area contributed by atoms with Gasteiger partial charge in [0.2, 0.25) is 0 Å². The van der Waals surface area contributed by atoms with E-state index < -0.39 is 0 Å². The van der Waals surface area contributed by atoms with E-state index in [0.29, 0.717) is 6.04 Å². The molecule has 1 aliphatic heterocycles. The van der Waals surface area contributed by atoms with Crippen LogP contribution in [0.5, 0.6) is 0 Å². The summed E-state index contributed by atoms with van der Waals surface area (Å²) in [6, 6.07) is 0.694. The van der Waals surface area contributed by atoms with Gasteiger partial charge in [-0.05, 0) is 61.6 Å². The Labute approximate surface area is 104 Å². The lowest BCUT2D eigenvalue weighted by molar-refractivity contribution is 0.172. The van der Waals surface area contributed by atoms with Crippen molar-refractivity contribution >= 4 is 27.3 Å². The number of likely N-dealkylation sites (tertiary alicyclic amines) is 1. The molecule has 1 fully saturated rings. The second-order valence-corrected chi connectivity index (χ2v) is 6.76. The number of nitrogens with zero attached hydrogens (tertiary/aromatic N) is 2. The molecule has 0 saturated carbocycles. The van der Waals surface area contributed by atoms with Gasteiger partial charge >= 0.3 is 0 Å². The van der Waals surface area contributed by atoms with Crippen LogP contribution in [0.1, 0.15) is 37.5 Å². The molecule has 0 N–H and O–H groups in total. The molecule has 15 heavy (non-hydrogen) atoms. The van der Waals surface area contributed by atoms with E-state index in [4.69, 9.17) is 0 Å². The zero-order chi connectivity index (χ0) is 10.8. The van der Waals surface area contributed by atoms with Gasteiger partial charge in [-0.3, -0.25) is 0 Å². The third-order valence-corrected chi connectivity index (χ3v) is 4.80. The summed E-state index contributed by atoms with van der Waals surface area (Å²) in [5, 5.41) is 0. The number of hydrogen-bond acceptors (Lipinski definition) is 3. The van der Waals surface area contributed by atoms with Gasteiger partial charge in [0.15, 0.2) is 3.92 Å². The van der Waals surface area contributed by atoms with E-state index in [1.165, 1.54) is 30.8 Å². The minimum absolute atomic E-state index is 0.694. The van der Waals surface area contributed by atoms with Crippen LogP contribution in [0.25, 0.3) is 0 Å². The van der Waals surface area contributed by atoms with Crippen LogP contribution in [0.3, 0.4) is 0 Å². The molecule has 2 nitrogen and oxygen atoms in total. The molecule has 1 saturated heterocycles. The van der Waals surface area contributed by atoms with E-state index in [0.717, 1.165) is 9.83 Å². The summed E-state index contributed by atoms with van der Waals surface area (Å²) >= 11 is 5.22. The molecule has 1 aliphatic rings. The van der Waals surface area contributed by atoms with Gasteiger partial charge in [0.25, 0.3) is 0 Å². The fourth-order valence-corrected chi connectivity index (χ4v) is 3.62. The Morgan fingerprint density at radius 2 is 2.13 bits per heavy atom. The van der Waals surface area contributed by atoms with Crippen LogP contribution in [-0.4, -0.2) is 29.0 Å². The van der Waals surface area contributed by atoms with Gasteiger partial charge in [-0.25, -0.2) is 4.98 Å². The van der Waals surface area contributed by atoms with Crippen LogP contribution in [-0.2, 0) is 0 Å². The summed E-state index contributed by atoms with van der Waals surface area (Å²) in [6.45, 7) is 7.03. The third kappa shape index (κ3) is 2.80. The van der Waals surface area contributed by atoms with Gasteiger partial charge < -0.3 is 4.90 Å². The molecular weight excluding hydrogens is 272 g/mol. The summed E-state index contributed by atoms with van der Waals surface area (Å²) in [6.07, 6.45) is 4.60. The zero-order valence-corrected chi connectivity index (χ0v) is 11.6. The highest BCUT2D eigenvalue weighted by atomic mass is 79.9. The average Bonchev–Trinajstić information content (AvgIpc) is 2.65. The average molecular weight is 289 g/mol. The Hall–Kier alpha value is 0.0700. The fraction of sp³-hybridized carbons (Fsp3) is 0.727. The fourth-order valence-electron chi connectivity index (χ4n) is 2.15. The maximum absolute atomic E-state index is 4.27. The lowest BCUT2D eigenvalue weighted by Gasteiger charge is -2.34. The molecule has 0 spiro atoms. The Kier molecular flexibility index (Phi) is 3.80. The van der Waals surface area contributed by atoms with Crippen molar-refractivity contribution < 1.29 is 0 Å². The lowest BCUT2D eigenvalue weighted by atomic mass is 9.95. The van der Waals surface area contributed by atoms with Gasteiger partial charge in [-0.2, -0.15) is 0 Å². The highest BCUT2D eigenvalue weighted by Gasteiger charge is 2.23. The van der Waals surface area contributed by atoms with Crippen molar-refractivity contribution in [3.05, 3.63) is 15.0 Å². The van der Waals surface area contributed by atoms with E-state index in [1.54, 1.807) is 11.3 Å². The number of hydrogen-bond donors (Lipinski definition) is 0. The Balaban J connectivity index is 1.93. The first-order valence-corrected chi connectivity index (χ1v) is 7.13. The molecule has 0 bridgehead atoms. The van der Waals surface area contributed by atoms with Crippen molar-refractivity contribution in [2.24, 2.45) is 0 Å². The lowest BCUT2D eigenvalue weighted by Crippen LogP contribution is -2.37. The molecule has 1 aromatic heterocycles. The molecule has 2 rings (SSSR count). The smallest absolute Gasteiger partial charge is 0.159 e. The molecule has 1 aromatic rings. The molecular formula is C11H17BrN2S. The van der Waals surface area contributed by atoms with Crippen LogP contribution in [0.2, 0.25) is 0 Å². The van der Waals surface area contributed by atoms with Crippen LogP contribution >= 0.6 is 27.3 Å². The molecule has 4 heteroatoms. The van der Waals surface area contributed by atoms with Gasteiger partial charge in [0, 0.05) is 17.1 Å². The minimum atomic E-state index is 0.694. The van der Waals surface area contributed by atoms with Crippen LogP contribution < -0.4 is 0 Å². The second-order valence-electron chi connectivity index (χ2n) is 4.42. The van der Waals surface area contributed by atoms with E-state index in [-0.39, 0.29) is 0 Å². The quantitative estimate of drug-likeness (QED) is 0.828. The molecule has 84 valence electrons. The van der Waals surface area contributed by atoms with Crippen molar-refractivity contribution in [2.75, 3.05) is 13.1 Å². The highest BCUT2D eigenvalue weighted by Crippen LogP contribution is 2.33. The molecule has 2 heterocycles. The summed E-state index contributed by atoms with van der Waals surface area (Å²) in [4.78, 5) is 8.28. The Morgan fingerprint density at radius 1 is 1.47 bits per heavy atom. The van der Waals surface area contributed by atoms with Gasteiger partial charge in [0.05, 0.1) is 0 Å². The summed E-state index contributed by atoms with van der Waals surface area (Å²) in [5.74, 6) is 0.740. The van der Waals surface area contributed by atoms with Crippen LogP contribution in [0.4, 0.5) is 0 Å². The number of piperidine rings is 1. The maximum atomic E-state index is 4.27. The van der Waals surface area contributed by atoms with Gasteiger partial charge in [-0.15, -0.1) is 11.3 Å². The van der Waals surface area contributed by atoms with Gasteiger partial charge in [0.1, 0.15) is 0 Å². The standard InChI is InChI=1S/C11H17BrN2S/c1-8(2)14-5-3-9(4-6-14)10-7-13-11(12)15-10/h7-9H,3-6H2,1-2H3. The summed E-state index contributed by atoms with van der Waals surface area (Å²) in [7, 11) is 0. The maximum Gasteiger partial charge on any atom is 0.159 e. The van der Waals surface area contributed by atoms with Crippen molar-refractivity contribution in [1.29, 1.82) is 0 Å². The number of halogens is 1. The minimum Gasteiger partial charge on any atom is -0.301 e. The van der Waals surface area contributed by atoms with Crippen molar-refractivity contribution in [1.82, 2.24) is 9.88 Å². The monoisotopic (exact) mass is 288 g/mol.